The second kappa shape index (κ2) is 11.8. The fourth-order valence-corrected chi connectivity index (χ4v) is 5.74. The zero-order valence-electron chi connectivity index (χ0n) is 22.7. The minimum atomic E-state index is -0.763. The normalized spacial score (nSPS) is 14.9. The molecule has 1 aliphatic rings. The average molecular weight is 574 g/mol. The van der Waals surface area contributed by atoms with E-state index in [4.69, 9.17) is 18.9 Å². The van der Waals surface area contributed by atoms with E-state index in [1.165, 1.54) is 28.0 Å². The van der Waals surface area contributed by atoms with Crippen molar-refractivity contribution in [1.82, 2.24) is 4.57 Å². The molecule has 2 aromatic heterocycles. The highest BCUT2D eigenvalue weighted by molar-refractivity contribution is 7.07. The number of furan rings is 1. The van der Waals surface area contributed by atoms with Crippen molar-refractivity contribution in [1.29, 1.82) is 0 Å². The molecule has 0 bridgehead atoms. The second-order valence-corrected chi connectivity index (χ2v) is 10.2. The van der Waals surface area contributed by atoms with E-state index < -0.39 is 16.9 Å². The van der Waals surface area contributed by atoms with Crippen LogP contribution in [0.3, 0.4) is 0 Å². The number of allylic oxidation sites excluding steroid dienone is 1. The Morgan fingerprint density at radius 3 is 2.71 bits per heavy atom. The molecule has 41 heavy (non-hydrogen) atoms. The third-order valence-corrected chi connectivity index (χ3v) is 7.53. The quantitative estimate of drug-likeness (QED) is 0.161. The van der Waals surface area contributed by atoms with Crippen LogP contribution in [0.2, 0.25) is 0 Å². The zero-order valence-corrected chi connectivity index (χ0v) is 23.5. The van der Waals surface area contributed by atoms with Gasteiger partial charge >= 0.3 is 5.97 Å². The first kappa shape index (κ1) is 27.8. The van der Waals surface area contributed by atoms with Crippen LogP contribution < -0.4 is 19.6 Å². The molecule has 3 heterocycles. The fourth-order valence-electron chi connectivity index (χ4n) is 4.74. The summed E-state index contributed by atoms with van der Waals surface area (Å²) in [6.07, 6.45) is 2.89. The first-order chi connectivity index (χ1) is 19.8. The first-order valence-corrected chi connectivity index (χ1v) is 13.9. The lowest BCUT2D eigenvalue weighted by Gasteiger charge is -2.26. The van der Waals surface area contributed by atoms with Gasteiger partial charge in [0.1, 0.15) is 17.3 Å². The van der Waals surface area contributed by atoms with Gasteiger partial charge in [-0.2, -0.15) is 0 Å². The van der Waals surface area contributed by atoms with Crippen LogP contribution in [0, 0.1) is 10.1 Å². The number of nitrogens with zero attached hydrogens (tertiary/aromatic N) is 3. The van der Waals surface area contributed by atoms with Gasteiger partial charge in [0.15, 0.2) is 4.80 Å². The molecule has 0 radical (unpaired) electrons. The van der Waals surface area contributed by atoms with Crippen molar-refractivity contribution >= 4 is 29.1 Å². The van der Waals surface area contributed by atoms with Crippen LogP contribution in [0.4, 0.5) is 5.69 Å². The molecule has 0 amide bonds. The summed E-state index contributed by atoms with van der Waals surface area (Å²) in [5, 5.41) is 11.2. The largest absolute Gasteiger partial charge is 0.497 e. The smallest absolute Gasteiger partial charge is 0.338 e. The van der Waals surface area contributed by atoms with E-state index in [9.17, 15) is 19.7 Å². The number of esters is 1. The van der Waals surface area contributed by atoms with Gasteiger partial charge in [0.2, 0.25) is 0 Å². The highest BCUT2D eigenvalue weighted by Gasteiger charge is 2.34. The van der Waals surface area contributed by atoms with Crippen LogP contribution in [0.15, 0.2) is 86.1 Å². The van der Waals surface area contributed by atoms with Crippen molar-refractivity contribution < 1.29 is 23.6 Å². The van der Waals surface area contributed by atoms with Crippen molar-refractivity contribution in [2.75, 3.05) is 13.7 Å². The van der Waals surface area contributed by atoms with Crippen LogP contribution in [0.1, 0.15) is 44.1 Å². The minimum Gasteiger partial charge on any atom is -0.497 e. The molecule has 5 rings (SSSR count). The predicted octanol–water partition coefficient (Wildman–Crippen LogP) is 4.76. The summed E-state index contributed by atoms with van der Waals surface area (Å²) in [4.78, 5) is 43.1. The van der Waals surface area contributed by atoms with Crippen molar-refractivity contribution in [3.05, 3.63) is 113 Å². The zero-order chi connectivity index (χ0) is 29.1. The van der Waals surface area contributed by atoms with Crippen LogP contribution in [-0.4, -0.2) is 29.2 Å². The molecule has 1 unspecified atom stereocenters. The van der Waals surface area contributed by atoms with E-state index in [2.05, 4.69) is 0 Å². The van der Waals surface area contributed by atoms with Crippen molar-refractivity contribution in [2.45, 2.75) is 32.7 Å². The number of fused-ring (bicyclic) bond motifs is 1. The summed E-state index contributed by atoms with van der Waals surface area (Å²) in [6, 6.07) is 16.0. The van der Waals surface area contributed by atoms with E-state index in [0.717, 1.165) is 6.42 Å². The molecule has 0 aliphatic carbocycles. The third kappa shape index (κ3) is 5.48. The lowest BCUT2D eigenvalue weighted by atomic mass is 9.94. The van der Waals surface area contributed by atoms with Gasteiger partial charge < -0.3 is 13.9 Å². The molecule has 4 aromatic rings. The van der Waals surface area contributed by atoms with Gasteiger partial charge in [-0.05, 0) is 43.2 Å². The van der Waals surface area contributed by atoms with E-state index in [-0.39, 0.29) is 17.9 Å². The number of thiazole rings is 1. The summed E-state index contributed by atoms with van der Waals surface area (Å²) in [5.41, 5.74) is 1.75. The van der Waals surface area contributed by atoms with Crippen molar-refractivity contribution in [3.63, 3.8) is 0 Å². The Hall–Kier alpha value is -4.77. The van der Waals surface area contributed by atoms with Gasteiger partial charge in [-0.3, -0.25) is 19.5 Å². The molecule has 0 saturated carbocycles. The summed E-state index contributed by atoms with van der Waals surface area (Å²) < 4.78 is 18.7. The minimum absolute atomic E-state index is 0.0495. The molecule has 1 atom stereocenters. The van der Waals surface area contributed by atoms with E-state index in [1.807, 2.05) is 19.1 Å². The van der Waals surface area contributed by atoms with Crippen LogP contribution in [0.25, 0.3) is 17.4 Å². The predicted molar refractivity (Wildman–Crippen MR) is 153 cm³/mol. The first-order valence-electron chi connectivity index (χ1n) is 13.0. The summed E-state index contributed by atoms with van der Waals surface area (Å²) >= 11 is 1.19. The van der Waals surface area contributed by atoms with E-state index in [0.29, 0.717) is 55.4 Å². The maximum atomic E-state index is 13.9. The Morgan fingerprint density at radius 1 is 1.17 bits per heavy atom. The number of carbonyl (C=O) groups is 1. The van der Waals surface area contributed by atoms with Gasteiger partial charge in [0.25, 0.3) is 11.2 Å². The highest BCUT2D eigenvalue weighted by Crippen LogP contribution is 2.34. The number of hydrogen-bond donors (Lipinski definition) is 0. The molecule has 0 N–H and O–H groups in total. The number of carbonyl (C=O) groups excluding carboxylic acids is 1. The average Bonchev–Trinajstić information content (AvgIpc) is 3.57. The van der Waals surface area contributed by atoms with Crippen LogP contribution >= 0.6 is 11.3 Å². The van der Waals surface area contributed by atoms with E-state index >= 15 is 0 Å². The number of ether oxygens (including phenoxy) is 2. The lowest BCUT2D eigenvalue weighted by Crippen LogP contribution is -2.40. The number of hydrogen-bond acceptors (Lipinski definition) is 9. The summed E-state index contributed by atoms with van der Waals surface area (Å²) in [7, 11) is 1.56. The van der Waals surface area contributed by atoms with Gasteiger partial charge in [0.05, 0.1) is 40.5 Å². The Balaban J connectivity index is 1.66. The number of aromatic nitrogens is 1. The Labute approximate surface area is 238 Å². The molecule has 10 nitrogen and oxygen atoms in total. The highest BCUT2D eigenvalue weighted by atomic mass is 32.1. The van der Waals surface area contributed by atoms with Gasteiger partial charge in [-0.15, -0.1) is 0 Å². The Bertz CT molecular complexity index is 1850. The molecule has 11 heteroatoms. The van der Waals surface area contributed by atoms with Crippen LogP contribution in [-0.2, 0) is 9.53 Å². The summed E-state index contributed by atoms with van der Waals surface area (Å²) in [5.74, 6) is 0.894. The fraction of sp³-hybridized carbons (Fsp3) is 0.233. The Kier molecular flexibility index (Phi) is 7.97. The van der Waals surface area contributed by atoms with Crippen LogP contribution in [0.5, 0.6) is 5.75 Å². The van der Waals surface area contributed by atoms with Gasteiger partial charge in [-0.1, -0.05) is 48.9 Å². The second-order valence-electron chi connectivity index (χ2n) is 9.20. The monoisotopic (exact) mass is 573 g/mol. The molecule has 210 valence electrons. The number of methoxy groups -OCH3 is 1. The number of nitro benzene ring substituents is 1. The van der Waals surface area contributed by atoms with Gasteiger partial charge in [-0.25, -0.2) is 9.79 Å². The molecule has 0 spiro atoms. The maximum Gasteiger partial charge on any atom is 0.338 e. The number of nitro groups is 1. The topological polar surface area (TPSA) is 126 Å². The lowest BCUT2D eigenvalue weighted by molar-refractivity contribution is -0.384. The third-order valence-electron chi connectivity index (χ3n) is 6.54. The number of benzene rings is 2. The van der Waals surface area contributed by atoms with Gasteiger partial charge in [0, 0.05) is 23.8 Å². The van der Waals surface area contributed by atoms with E-state index in [1.54, 1.807) is 56.5 Å². The molecule has 0 saturated heterocycles. The standard InChI is InChI=1S/C30H27N3O7S/c1-4-8-23-26(29(35)39-5-2)27(19-10-7-12-21(16-19)38-3)32-28(34)25(41-30(32)31-23)17-22-13-14-24(40-22)18-9-6-11-20(15-18)33(36)37/h6-7,9-17,27H,4-5,8H2,1-3H3/b25-17-. The molecular weight excluding hydrogens is 546 g/mol. The maximum absolute atomic E-state index is 13.9. The number of rotatable bonds is 9. The summed E-state index contributed by atoms with van der Waals surface area (Å²) in [6.45, 7) is 3.92. The number of non-ortho nitro benzene ring substituents is 1. The molecule has 1 aliphatic heterocycles. The Morgan fingerprint density at radius 2 is 1.98 bits per heavy atom. The molecule has 2 aromatic carbocycles. The van der Waals surface area contributed by atoms with Crippen molar-refractivity contribution in [2.24, 2.45) is 4.99 Å². The SMILES string of the molecule is CCCC1=C(C(=O)OCC)C(c2cccc(OC)c2)n2c(s/c(=C\c3ccc(-c4cccc([N+](=O)[O-])c4)o3)c2=O)=N1. The molecular formula is C30H27N3O7S. The molecule has 0 fully saturated rings. The van der Waals surface area contributed by atoms with Crippen molar-refractivity contribution in [3.8, 4) is 17.1 Å².